The number of nitrogens with one attached hydrogen (secondary N) is 1. The molecule has 2 aromatic heterocycles. The first-order valence-corrected chi connectivity index (χ1v) is 11.4. The molecule has 0 bridgehead atoms. The lowest BCUT2D eigenvalue weighted by Gasteiger charge is -2.26. The summed E-state index contributed by atoms with van der Waals surface area (Å²) in [4.78, 5) is 6.62. The molecule has 0 amide bonds. The Kier molecular flexibility index (Phi) is 5.98. The molecule has 1 fully saturated rings. The summed E-state index contributed by atoms with van der Waals surface area (Å²) in [6, 6.07) is 22.5. The first kappa shape index (κ1) is 21.8. The van der Waals surface area contributed by atoms with Gasteiger partial charge < -0.3 is 19.4 Å². The van der Waals surface area contributed by atoms with Gasteiger partial charge in [0.15, 0.2) is 5.11 Å². The molecule has 5 nitrogen and oxygen atoms in total. The van der Waals surface area contributed by atoms with Crippen LogP contribution in [0.5, 0.6) is 5.75 Å². The van der Waals surface area contributed by atoms with Crippen LogP contribution in [0.1, 0.15) is 23.5 Å². The van der Waals surface area contributed by atoms with E-state index in [4.69, 9.17) is 44.6 Å². The number of aromatic nitrogens is 1. The first-order valence-electron chi connectivity index (χ1n) is 10.2. The fourth-order valence-corrected chi connectivity index (χ4v) is 4.63. The number of methoxy groups -OCH3 is 1. The van der Waals surface area contributed by atoms with Gasteiger partial charge in [0.05, 0.1) is 28.9 Å². The minimum absolute atomic E-state index is 0.200. The molecule has 2 atom stereocenters. The van der Waals surface area contributed by atoms with E-state index in [1.165, 1.54) is 0 Å². The van der Waals surface area contributed by atoms with E-state index < -0.39 is 0 Å². The lowest BCUT2D eigenvalue weighted by molar-refractivity contribution is 0.414. The fraction of sp³-hybridized carbons (Fsp3) is 0.120. The highest BCUT2D eigenvalue weighted by Gasteiger charge is 2.42. The van der Waals surface area contributed by atoms with Gasteiger partial charge >= 0.3 is 0 Å². The van der Waals surface area contributed by atoms with Crippen LogP contribution in [0.15, 0.2) is 83.4 Å². The minimum Gasteiger partial charge on any atom is -0.497 e. The summed E-state index contributed by atoms with van der Waals surface area (Å²) in [6.45, 7) is 0. The van der Waals surface area contributed by atoms with Crippen LogP contribution in [-0.2, 0) is 0 Å². The van der Waals surface area contributed by atoms with Gasteiger partial charge in [-0.05, 0) is 78.9 Å². The third kappa shape index (κ3) is 4.17. The normalized spacial score (nSPS) is 17.8. The van der Waals surface area contributed by atoms with Gasteiger partial charge in [-0.25, -0.2) is 0 Å². The van der Waals surface area contributed by atoms with Crippen LogP contribution in [0.25, 0.3) is 11.3 Å². The third-order valence-electron chi connectivity index (χ3n) is 5.57. The monoisotopic (exact) mass is 495 g/mol. The second-order valence-corrected chi connectivity index (χ2v) is 8.73. The second-order valence-electron chi connectivity index (χ2n) is 7.53. The lowest BCUT2D eigenvalue weighted by atomic mass is 10.0. The van der Waals surface area contributed by atoms with Gasteiger partial charge in [0.25, 0.3) is 0 Å². The van der Waals surface area contributed by atoms with Crippen molar-refractivity contribution < 1.29 is 9.15 Å². The Labute approximate surface area is 206 Å². The summed E-state index contributed by atoms with van der Waals surface area (Å²) in [6.07, 6.45) is 1.77. The van der Waals surface area contributed by atoms with Crippen LogP contribution in [-0.4, -0.2) is 17.2 Å². The van der Waals surface area contributed by atoms with Crippen molar-refractivity contribution in [2.45, 2.75) is 12.1 Å². The average molecular weight is 496 g/mol. The van der Waals surface area contributed by atoms with Crippen LogP contribution < -0.4 is 15.0 Å². The maximum Gasteiger partial charge on any atom is 0.174 e. The van der Waals surface area contributed by atoms with Crippen molar-refractivity contribution in [2.24, 2.45) is 0 Å². The molecule has 1 saturated heterocycles. The summed E-state index contributed by atoms with van der Waals surface area (Å²) < 4.78 is 11.7. The highest BCUT2D eigenvalue weighted by atomic mass is 35.5. The van der Waals surface area contributed by atoms with Crippen molar-refractivity contribution in [1.29, 1.82) is 0 Å². The number of ether oxygens (including phenoxy) is 1. The number of thiocarbonyl (C=S) groups is 1. The van der Waals surface area contributed by atoms with E-state index in [2.05, 4.69) is 10.3 Å². The van der Waals surface area contributed by atoms with Gasteiger partial charge in [-0.1, -0.05) is 29.3 Å². The Morgan fingerprint density at radius 3 is 2.52 bits per heavy atom. The molecule has 0 saturated carbocycles. The third-order valence-corrected chi connectivity index (χ3v) is 6.62. The van der Waals surface area contributed by atoms with Crippen LogP contribution in [0, 0.1) is 0 Å². The number of nitrogens with zero attached hydrogens (tertiary/aromatic N) is 2. The Bertz CT molecular complexity index is 1290. The fourth-order valence-electron chi connectivity index (χ4n) is 3.98. The summed E-state index contributed by atoms with van der Waals surface area (Å²) in [7, 11) is 1.64. The molecule has 4 aromatic rings. The van der Waals surface area contributed by atoms with E-state index >= 15 is 0 Å². The second kappa shape index (κ2) is 9.06. The van der Waals surface area contributed by atoms with E-state index in [0.717, 1.165) is 28.5 Å². The first-order chi connectivity index (χ1) is 16.0. The maximum absolute atomic E-state index is 6.35. The molecule has 0 aliphatic carbocycles. The molecule has 1 aliphatic heterocycles. The van der Waals surface area contributed by atoms with Gasteiger partial charge in [-0.15, -0.1) is 0 Å². The van der Waals surface area contributed by atoms with Crippen molar-refractivity contribution in [1.82, 2.24) is 10.3 Å². The van der Waals surface area contributed by atoms with Crippen LogP contribution in [0.4, 0.5) is 5.69 Å². The molecule has 2 aromatic carbocycles. The standard InChI is InChI=1S/C25H19Cl2N3O2S/c1-31-17-8-6-16(7-9-17)30-24(23(29-25(30)33)20-4-2-3-13-28-20)22-12-11-21(32-22)15-5-10-18(26)19(27)14-15/h2-14,23-24H,1H3,(H,29,33)/t23-,24-/m0/s1. The average Bonchev–Trinajstić information content (AvgIpc) is 3.46. The predicted octanol–water partition coefficient (Wildman–Crippen LogP) is 6.83. The molecule has 0 radical (unpaired) electrons. The lowest BCUT2D eigenvalue weighted by Crippen LogP contribution is -2.29. The van der Waals surface area contributed by atoms with Crippen molar-refractivity contribution in [3.63, 3.8) is 0 Å². The van der Waals surface area contributed by atoms with Gasteiger partial charge in [-0.3, -0.25) is 4.98 Å². The SMILES string of the molecule is COc1ccc(N2C(=S)N[C@@H](c3ccccn3)[C@@H]2c2ccc(-c3ccc(Cl)c(Cl)c3)o2)cc1. The molecule has 3 heterocycles. The smallest absolute Gasteiger partial charge is 0.174 e. The van der Waals surface area contributed by atoms with Crippen molar-refractivity contribution >= 4 is 46.2 Å². The summed E-state index contributed by atoms with van der Waals surface area (Å²) in [5.74, 6) is 2.21. The van der Waals surface area contributed by atoms with Gasteiger partial charge in [0.2, 0.25) is 0 Å². The molecular formula is C25H19Cl2N3O2S. The Morgan fingerprint density at radius 2 is 1.82 bits per heavy atom. The van der Waals surface area contributed by atoms with Crippen molar-refractivity contribution in [3.05, 3.63) is 100 Å². The number of furan rings is 1. The number of benzene rings is 2. The molecule has 5 rings (SSSR count). The Hall–Kier alpha value is -3.06. The highest BCUT2D eigenvalue weighted by molar-refractivity contribution is 7.80. The Morgan fingerprint density at radius 1 is 1.00 bits per heavy atom. The topological polar surface area (TPSA) is 50.5 Å². The number of rotatable bonds is 5. The number of halogens is 2. The van der Waals surface area contributed by atoms with Gasteiger partial charge in [-0.2, -0.15) is 0 Å². The molecule has 0 spiro atoms. The number of hydrogen-bond acceptors (Lipinski definition) is 4. The Balaban J connectivity index is 1.58. The van der Waals surface area contributed by atoms with Crippen LogP contribution >= 0.6 is 35.4 Å². The molecule has 1 aliphatic rings. The van der Waals surface area contributed by atoms with Crippen LogP contribution in [0.2, 0.25) is 10.0 Å². The molecule has 0 unspecified atom stereocenters. The summed E-state index contributed by atoms with van der Waals surface area (Å²) >= 11 is 18.1. The number of pyridine rings is 1. The zero-order valence-corrected chi connectivity index (χ0v) is 19.9. The molecule has 166 valence electrons. The zero-order valence-electron chi connectivity index (χ0n) is 17.5. The van der Waals surface area contributed by atoms with E-state index in [1.807, 2.05) is 65.6 Å². The summed E-state index contributed by atoms with van der Waals surface area (Å²) in [5, 5.41) is 4.99. The number of hydrogen-bond donors (Lipinski definition) is 1. The van der Waals surface area contributed by atoms with Crippen molar-refractivity contribution in [3.8, 4) is 17.1 Å². The van der Waals surface area contributed by atoms with E-state index in [9.17, 15) is 0 Å². The molecular weight excluding hydrogens is 477 g/mol. The molecule has 8 heteroatoms. The predicted molar refractivity (Wildman–Crippen MR) is 135 cm³/mol. The molecule has 33 heavy (non-hydrogen) atoms. The quantitative estimate of drug-likeness (QED) is 0.306. The van der Waals surface area contributed by atoms with Crippen molar-refractivity contribution in [2.75, 3.05) is 12.0 Å². The van der Waals surface area contributed by atoms with E-state index in [1.54, 1.807) is 25.4 Å². The van der Waals surface area contributed by atoms with E-state index in [0.29, 0.717) is 20.9 Å². The van der Waals surface area contributed by atoms with Gasteiger partial charge in [0.1, 0.15) is 23.3 Å². The minimum atomic E-state index is -0.252. The van der Waals surface area contributed by atoms with Crippen LogP contribution in [0.3, 0.4) is 0 Å². The number of anilines is 1. The summed E-state index contributed by atoms with van der Waals surface area (Å²) in [5.41, 5.74) is 2.63. The zero-order chi connectivity index (χ0) is 22.9. The largest absolute Gasteiger partial charge is 0.497 e. The van der Waals surface area contributed by atoms with Gasteiger partial charge in [0, 0.05) is 17.4 Å². The van der Waals surface area contributed by atoms with E-state index in [-0.39, 0.29) is 12.1 Å². The molecule has 1 N–H and O–H groups in total. The highest BCUT2D eigenvalue weighted by Crippen LogP contribution is 2.43. The maximum atomic E-state index is 6.35.